The Morgan fingerprint density at radius 1 is 0.862 bits per heavy atom. The van der Waals surface area contributed by atoms with Gasteiger partial charge in [-0.15, -0.1) is 0 Å². The van der Waals surface area contributed by atoms with Gasteiger partial charge in [-0.2, -0.15) is 0 Å². The van der Waals surface area contributed by atoms with E-state index in [0.29, 0.717) is 5.57 Å². The van der Waals surface area contributed by atoms with Gasteiger partial charge in [0.15, 0.2) is 0 Å². The van der Waals surface area contributed by atoms with Crippen molar-refractivity contribution in [2.45, 2.75) is 63.7 Å². The number of carbonyl (C=O) groups is 1. The SMILES string of the molecule is C=C(C)C(=O)NCCCCCCC(c1ccccc1)(c1ccccc1)[Si](C)(C)C. The minimum atomic E-state index is -1.59. The summed E-state index contributed by atoms with van der Waals surface area (Å²) in [5, 5.41) is 3.05. The number of nitrogens with one attached hydrogen (secondary N) is 1. The molecule has 156 valence electrons. The van der Waals surface area contributed by atoms with Gasteiger partial charge < -0.3 is 5.32 Å². The topological polar surface area (TPSA) is 29.1 Å². The van der Waals surface area contributed by atoms with Crippen molar-refractivity contribution in [3.05, 3.63) is 83.9 Å². The summed E-state index contributed by atoms with van der Waals surface area (Å²) in [6.07, 6.45) is 5.73. The van der Waals surface area contributed by atoms with Crippen LogP contribution in [-0.2, 0) is 9.83 Å². The fourth-order valence-corrected chi connectivity index (χ4v) is 7.36. The first kappa shape index (κ1) is 23.1. The normalized spacial score (nSPS) is 11.9. The standard InChI is InChI=1S/C26H37NOSi/c1-22(2)25(28)27-21-15-7-6-14-20-26(29(3,4)5,23-16-10-8-11-17-23)24-18-12-9-13-19-24/h8-13,16-19H,1,6-7,14-15,20-21H2,2-5H3,(H,27,28). The second kappa shape index (κ2) is 10.6. The van der Waals surface area contributed by atoms with Crippen LogP contribution < -0.4 is 5.32 Å². The first-order chi connectivity index (χ1) is 13.8. The number of rotatable bonds is 11. The quantitative estimate of drug-likeness (QED) is 0.257. The maximum atomic E-state index is 11.6. The molecule has 2 nitrogen and oxygen atoms in total. The molecule has 0 fully saturated rings. The Labute approximate surface area is 178 Å². The Kier molecular flexibility index (Phi) is 8.45. The Morgan fingerprint density at radius 3 is 1.79 bits per heavy atom. The fraction of sp³-hybridized carbons (Fsp3) is 0.423. The molecular formula is C26H37NOSi. The van der Waals surface area contributed by atoms with Gasteiger partial charge in [-0.25, -0.2) is 0 Å². The summed E-state index contributed by atoms with van der Waals surface area (Å²) < 4.78 is 0. The zero-order valence-corrected chi connectivity index (χ0v) is 19.6. The average Bonchev–Trinajstić information content (AvgIpc) is 2.70. The molecule has 0 saturated carbocycles. The van der Waals surface area contributed by atoms with Crippen molar-refractivity contribution in [3.63, 3.8) is 0 Å². The van der Waals surface area contributed by atoms with E-state index in [1.54, 1.807) is 6.92 Å². The number of hydrogen-bond acceptors (Lipinski definition) is 1. The molecule has 3 heteroatoms. The highest BCUT2D eigenvalue weighted by Crippen LogP contribution is 2.44. The van der Waals surface area contributed by atoms with E-state index in [4.69, 9.17) is 0 Å². The summed E-state index contributed by atoms with van der Waals surface area (Å²) in [7, 11) is -1.59. The van der Waals surface area contributed by atoms with Crippen LogP contribution in [-0.4, -0.2) is 20.5 Å². The molecule has 2 aromatic rings. The number of hydrogen-bond donors (Lipinski definition) is 1. The van der Waals surface area contributed by atoms with Gasteiger partial charge in [0.2, 0.25) is 5.91 Å². The highest BCUT2D eigenvalue weighted by molar-refractivity contribution is 6.79. The van der Waals surface area contributed by atoms with Gasteiger partial charge in [0, 0.05) is 17.2 Å². The van der Waals surface area contributed by atoms with Crippen LogP contribution in [0.3, 0.4) is 0 Å². The molecular weight excluding hydrogens is 370 g/mol. The number of carbonyl (C=O) groups excluding carboxylic acids is 1. The Hall–Kier alpha value is -2.13. The van der Waals surface area contributed by atoms with Crippen molar-refractivity contribution in [2.75, 3.05) is 6.54 Å². The summed E-state index contributed by atoms with van der Waals surface area (Å²) in [6.45, 7) is 13.7. The third kappa shape index (κ3) is 5.93. The Balaban J connectivity index is 2.09. The third-order valence-corrected chi connectivity index (χ3v) is 9.35. The lowest BCUT2D eigenvalue weighted by atomic mass is 9.85. The van der Waals surface area contributed by atoms with E-state index in [2.05, 4.69) is 92.2 Å². The molecule has 2 rings (SSSR count). The van der Waals surface area contributed by atoms with Crippen molar-refractivity contribution in [3.8, 4) is 0 Å². The van der Waals surface area contributed by atoms with E-state index in [-0.39, 0.29) is 10.9 Å². The molecule has 0 bridgehead atoms. The molecule has 0 aliphatic rings. The minimum absolute atomic E-state index is 0.0316. The molecule has 0 aromatic heterocycles. The van der Waals surface area contributed by atoms with Crippen LogP contribution in [0.1, 0.15) is 50.2 Å². The lowest BCUT2D eigenvalue weighted by Crippen LogP contribution is -2.50. The summed E-state index contributed by atoms with van der Waals surface area (Å²) in [5.41, 5.74) is 3.49. The number of amides is 1. The second-order valence-corrected chi connectivity index (χ2v) is 14.4. The van der Waals surface area contributed by atoms with Gasteiger partial charge in [-0.3, -0.25) is 4.79 Å². The molecule has 0 aliphatic carbocycles. The average molecular weight is 408 g/mol. The van der Waals surface area contributed by atoms with Crippen molar-refractivity contribution in [2.24, 2.45) is 0 Å². The van der Waals surface area contributed by atoms with Crippen molar-refractivity contribution < 1.29 is 4.79 Å². The Bertz CT molecular complexity index is 738. The molecule has 29 heavy (non-hydrogen) atoms. The molecule has 0 aliphatic heterocycles. The zero-order chi connectivity index (χ0) is 21.3. The van der Waals surface area contributed by atoms with Gasteiger partial charge in [0.1, 0.15) is 0 Å². The van der Waals surface area contributed by atoms with Crippen molar-refractivity contribution in [1.82, 2.24) is 5.32 Å². The van der Waals surface area contributed by atoms with Gasteiger partial charge in [-0.05, 0) is 30.9 Å². The molecule has 0 heterocycles. The molecule has 2 aromatic carbocycles. The van der Waals surface area contributed by atoms with Crippen LogP contribution in [0.5, 0.6) is 0 Å². The predicted octanol–water partition coefficient (Wildman–Crippen LogP) is 6.49. The van der Waals surface area contributed by atoms with E-state index < -0.39 is 8.07 Å². The van der Waals surface area contributed by atoms with Gasteiger partial charge in [-0.1, -0.05) is 106 Å². The summed E-state index contributed by atoms with van der Waals surface area (Å²) in [6, 6.07) is 22.2. The smallest absolute Gasteiger partial charge is 0.246 e. The van der Waals surface area contributed by atoms with E-state index in [1.165, 1.54) is 30.4 Å². The predicted molar refractivity (Wildman–Crippen MR) is 128 cm³/mol. The van der Waals surface area contributed by atoms with Gasteiger partial charge >= 0.3 is 0 Å². The van der Waals surface area contributed by atoms with Crippen molar-refractivity contribution in [1.29, 1.82) is 0 Å². The third-order valence-electron chi connectivity index (χ3n) is 5.97. The highest BCUT2D eigenvalue weighted by atomic mass is 28.3. The largest absolute Gasteiger partial charge is 0.352 e. The van der Waals surface area contributed by atoms with Gasteiger partial charge in [0.05, 0.1) is 8.07 Å². The maximum absolute atomic E-state index is 11.6. The summed E-state index contributed by atoms with van der Waals surface area (Å²) >= 11 is 0. The van der Waals surface area contributed by atoms with E-state index in [0.717, 1.165) is 19.4 Å². The lowest BCUT2D eigenvalue weighted by molar-refractivity contribution is -0.117. The Morgan fingerprint density at radius 2 is 1.34 bits per heavy atom. The first-order valence-electron chi connectivity index (χ1n) is 10.8. The molecule has 0 radical (unpaired) electrons. The maximum Gasteiger partial charge on any atom is 0.246 e. The van der Waals surface area contributed by atoms with Crippen molar-refractivity contribution >= 4 is 14.0 Å². The van der Waals surface area contributed by atoms with E-state index >= 15 is 0 Å². The molecule has 0 unspecified atom stereocenters. The molecule has 0 saturated heterocycles. The van der Waals surface area contributed by atoms with E-state index in [1.807, 2.05) is 0 Å². The molecule has 1 amide bonds. The zero-order valence-electron chi connectivity index (χ0n) is 18.6. The second-order valence-electron chi connectivity index (χ2n) is 9.09. The minimum Gasteiger partial charge on any atom is -0.352 e. The lowest BCUT2D eigenvalue weighted by Gasteiger charge is -2.45. The highest BCUT2D eigenvalue weighted by Gasteiger charge is 2.45. The van der Waals surface area contributed by atoms with E-state index in [9.17, 15) is 4.79 Å². The van der Waals surface area contributed by atoms with Crippen LogP contribution >= 0.6 is 0 Å². The van der Waals surface area contributed by atoms with Crippen LogP contribution in [0.2, 0.25) is 19.6 Å². The van der Waals surface area contributed by atoms with Gasteiger partial charge in [0.25, 0.3) is 0 Å². The van der Waals surface area contributed by atoms with Crippen LogP contribution in [0.4, 0.5) is 0 Å². The summed E-state index contributed by atoms with van der Waals surface area (Å²) in [5.74, 6) is -0.0316. The fourth-order valence-electron chi connectivity index (χ4n) is 4.36. The van der Waals surface area contributed by atoms with Crippen LogP contribution in [0.25, 0.3) is 0 Å². The molecule has 0 atom stereocenters. The molecule has 0 spiro atoms. The monoisotopic (exact) mass is 407 g/mol. The number of unbranched alkanes of at least 4 members (excludes halogenated alkanes) is 3. The van der Waals surface area contributed by atoms with Crippen LogP contribution in [0, 0.1) is 0 Å². The molecule has 1 N–H and O–H groups in total. The van der Waals surface area contributed by atoms with Crippen LogP contribution in [0.15, 0.2) is 72.8 Å². The summed E-state index contributed by atoms with van der Waals surface area (Å²) in [4.78, 5) is 11.6. The first-order valence-corrected chi connectivity index (χ1v) is 14.3. The number of benzene rings is 2.